The Morgan fingerprint density at radius 1 is 1.21 bits per heavy atom. The molecule has 1 aliphatic heterocycles. The van der Waals surface area contributed by atoms with Crippen LogP contribution in [0, 0.1) is 11.7 Å². The van der Waals surface area contributed by atoms with Crippen LogP contribution in [0.5, 0.6) is 0 Å². The maximum atomic E-state index is 13.9. The molecule has 6 nitrogen and oxygen atoms in total. The zero-order valence-corrected chi connectivity index (χ0v) is 18.7. The van der Waals surface area contributed by atoms with Gasteiger partial charge in [-0.25, -0.2) is 9.37 Å². The molecule has 0 N–H and O–H groups in total. The van der Waals surface area contributed by atoms with Gasteiger partial charge in [-0.15, -0.1) is 6.58 Å². The number of amides is 2. The fraction of sp³-hybridized carbons (Fsp3) is 0.269. The molecule has 1 aliphatic rings. The van der Waals surface area contributed by atoms with Crippen molar-refractivity contribution in [3.8, 4) is 11.1 Å². The van der Waals surface area contributed by atoms with Crippen molar-refractivity contribution >= 4 is 11.8 Å². The number of halogens is 1. The Labute approximate surface area is 193 Å². The fourth-order valence-electron chi connectivity index (χ4n) is 4.33. The first-order valence-electron chi connectivity index (χ1n) is 11.0. The molecule has 0 radical (unpaired) electrons. The lowest BCUT2D eigenvalue weighted by Gasteiger charge is -2.24. The summed E-state index contributed by atoms with van der Waals surface area (Å²) >= 11 is 0. The van der Waals surface area contributed by atoms with Crippen LogP contribution < -0.4 is 0 Å². The van der Waals surface area contributed by atoms with Crippen molar-refractivity contribution in [2.75, 3.05) is 26.2 Å². The highest BCUT2D eigenvalue weighted by Gasteiger charge is 2.33. The third-order valence-electron chi connectivity index (χ3n) is 6.01. The Kier molecular flexibility index (Phi) is 6.68. The van der Waals surface area contributed by atoms with E-state index in [0.29, 0.717) is 31.9 Å². The van der Waals surface area contributed by atoms with Gasteiger partial charge in [0.1, 0.15) is 5.82 Å². The van der Waals surface area contributed by atoms with Gasteiger partial charge >= 0.3 is 0 Å². The maximum absolute atomic E-state index is 13.9. The summed E-state index contributed by atoms with van der Waals surface area (Å²) in [4.78, 5) is 34.2. The smallest absolute Gasteiger partial charge is 0.289 e. The van der Waals surface area contributed by atoms with E-state index in [1.807, 2.05) is 30.3 Å². The third kappa shape index (κ3) is 4.87. The average molecular weight is 447 g/mol. The lowest BCUT2D eigenvalue weighted by molar-refractivity contribution is -0.134. The van der Waals surface area contributed by atoms with Crippen LogP contribution in [0.25, 0.3) is 11.1 Å². The van der Waals surface area contributed by atoms with Crippen LogP contribution in [-0.2, 0) is 18.3 Å². The van der Waals surface area contributed by atoms with E-state index in [0.717, 1.165) is 16.7 Å². The van der Waals surface area contributed by atoms with Crippen molar-refractivity contribution in [1.82, 2.24) is 19.4 Å². The lowest BCUT2D eigenvalue weighted by Crippen LogP contribution is -2.38. The molecule has 0 spiro atoms. The molecule has 0 saturated carbocycles. The molecule has 0 aliphatic carbocycles. The summed E-state index contributed by atoms with van der Waals surface area (Å²) in [5, 5.41) is 0. The summed E-state index contributed by atoms with van der Waals surface area (Å²) < 4.78 is 15.6. The van der Waals surface area contributed by atoms with E-state index < -0.39 is 5.92 Å². The van der Waals surface area contributed by atoms with Crippen molar-refractivity contribution in [2.24, 2.45) is 13.0 Å². The van der Waals surface area contributed by atoms with Gasteiger partial charge in [0.05, 0.1) is 5.92 Å². The van der Waals surface area contributed by atoms with Crippen molar-refractivity contribution in [3.05, 3.63) is 90.8 Å². The monoisotopic (exact) mass is 446 g/mol. The number of hydrogen-bond acceptors (Lipinski definition) is 3. The molecule has 2 aromatic carbocycles. The molecule has 7 heteroatoms. The summed E-state index contributed by atoms with van der Waals surface area (Å²) in [6, 6.07) is 14.2. The van der Waals surface area contributed by atoms with Crippen LogP contribution in [0.15, 0.2) is 73.6 Å². The molecule has 1 saturated heterocycles. The van der Waals surface area contributed by atoms with Crippen LogP contribution in [0.1, 0.15) is 16.2 Å². The number of carbonyl (C=O) groups is 2. The highest BCUT2D eigenvalue weighted by Crippen LogP contribution is 2.28. The van der Waals surface area contributed by atoms with Gasteiger partial charge < -0.3 is 14.4 Å². The van der Waals surface area contributed by atoms with Gasteiger partial charge in [-0.05, 0) is 35.2 Å². The highest BCUT2D eigenvalue weighted by molar-refractivity contribution is 5.92. The van der Waals surface area contributed by atoms with Gasteiger partial charge in [0.25, 0.3) is 5.91 Å². The van der Waals surface area contributed by atoms with Crippen LogP contribution >= 0.6 is 0 Å². The van der Waals surface area contributed by atoms with E-state index in [9.17, 15) is 14.0 Å². The summed E-state index contributed by atoms with van der Waals surface area (Å²) in [7, 11) is 1.78. The zero-order chi connectivity index (χ0) is 23.4. The quantitative estimate of drug-likeness (QED) is 0.544. The molecule has 1 atom stereocenters. The van der Waals surface area contributed by atoms with Crippen LogP contribution in [0.2, 0.25) is 0 Å². The summed E-state index contributed by atoms with van der Waals surface area (Å²) in [6.45, 7) is 5.34. The number of imidazole rings is 1. The van der Waals surface area contributed by atoms with E-state index in [2.05, 4.69) is 11.6 Å². The summed E-state index contributed by atoms with van der Waals surface area (Å²) in [5.41, 5.74) is 2.58. The van der Waals surface area contributed by atoms with Crippen LogP contribution in [-0.4, -0.2) is 57.3 Å². The number of rotatable bonds is 6. The van der Waals surface area contributed by atoms with Gasteiger partial charge in [-0.1, -0.05) is 42.5 Å². The minimum atomic E-state index is -0.439. The maximum Gasteiger partial charge on any atom is 0.289 e. The van der Waals surface area contributed by atoms with E-state index in [-0.39, 0.29) is 24.2 Å². The first-order valence-corrected chi connectivity index (χ1v) is 11.0. The first-order chi connectivity index (χ1) is 16.0. The van der Waals surface area contributed by atoms with Crippen molar-refractivity contribution in [1.29, 1.82) is 0 Å². The number of carbonyl (C=O) groups excluding carboxylic acids is 2. The molecule has 33 heavy (non-hydrogen) atoms. The Morgan fingerprint density at radius 2 is 2.03 bits per heavy atom. The van der Waals surface area contributed by atoms with Gasteiger partial charge in [-0.3, -0.25) is 9.59 Å². The Morgan fingerprint density at radius 3 is 2.76 bits per heavy atom. The zero-order valence-electron chi connectivity index (χ0n) is 18.7. The molecule has 1 aromatic heterocycles. The van der Waals surface area contributed by atoms with Crippen molar-refractivity contribution in [3.63, 3.8) is 0 Å². The van der Waals surface area contributed by atoms with Gasteiger partial charge in [0.15, 0.2) is 5.82 Å². The molecule has 1 unspecified atom stereocenters. The SMILES string of the molecule is C=CCN1CCN(C(=O)c2nccn2C)CC(Cc2ccccc2-c2cccc(F)c2)C1=O. The molecule has 4 rings (SSSR count). The lowest BCUT2D eigenvalue weighted by atomic mass is 9.91. The second-order valence-corrected chi connectivity index (χ2v) is 8.25. The molecule has 1 fully saturated rings. The predicted molar refractivity (Wildman–Crippen MR) is 125 cm³/mol. The second-order valence-electron chi connectivity index (χ2n) is 8.25. The third-order valence-corrected chi connectivity index (χ3v) is 6.01. The molecule has 3 aromatic rings. The van der Waals surface area contributed by atoms with Crippen molar-refractivity contribution < 1.29 is 14.0 Å². The number of hydrogen-bond donors (Lipinski definition) is 0. The highest BCUT2D eigenvalue weighted by atomic mass is 19.1. The summed E-state index contributed by atoms with van der Waals surface area (Å²) in [5.74, 6) is -0.611. The summed E-state index contributed by atoms with van der Waals surface area (Å²) in [6.07, 6.45) is 5.45. The molecule has 2 heterocycles. The van der Waals surface area contributed by atoms with Crippen LogP contribution in [0.4, 0.5) is 4.39 Å². The average Bonchev–Trinajstić information content (AvgIpc) is 3.18. The standard InChI is InChI=1S/C26H27FN4O2/c1-3-12-30-14-15-31(26(33)24-28-11-13-29(24)2)18-21(25(30)32)16-19-7-4-5-10-23(19)20-8-6-9-22(27)17-20/h3-11,13,17,21H,1,12,14-16,18H2,2H3. The number of benzene rings is 2. The van der Waals surface area contributed by atoms with Gasteiger partial charge in [-0.2, -0.15) is 0 Å². The Hall–Kier alpha value is -3.74. The largest absolute Gasteiger partial charge is 0.337 e. The molecule has 0 bridgehead atoms. The second kappa shape index (κ2) is 9.81. The van der Waals surface area contributed by atoms with Crippen LogP contribution in [0.3, 0.4) is 0 Å². The van der Waals surface area contributed by atoms with E-state index >= 15 is 0 Å². The van der Waals surface area contributed by atoms with E-state index in [4.69, 9.17) is 0 Å². The molecular formula is C26H27FN4O2. The minimum absolute atomic E-state index is 0.0147. The Balaban J connectivity index is 1.66. The predicted octanol–water partition coefficient (Wildman–Crippen LogP) is 3.56. The molecular weight excluding hydrogens is 419 g/mol. The minimum Gasteiger partial charge on any atom is -0.337 e. The Bertz CT molecular complexity index is 1170. The number of aryl methyl sites for hydroxylation is 1. The molecule has 170 valence electrons. The van der Waals surface area contributed by atoms with Crippen molar-refractivity contribution in [2.45, 2.75) is 6.42 Å². The van der Waals surface area contributed by atoms with E-state index in [1.165, 1.54) is 12.1 Å². The van der Waals surface area contributed by atoms with Gasteiger partial charge in [0, 0.05) is 45.6 Å². The fourth-order valence-corrected chi connectivity index (χ4v) is 4.33. The number of aromatic nitrogens is 2. The van der Waals surface area contributed by atoms with E-state index in [1.54, 1.807) is 46.0 Å². The molecule has 2 amide bonds. The number of nitrogens with zero attached hydrogens (tertiary/aromatic N) is 4. The first kappa shape index (κ1) is 22.5. The normalized spacial score (nSPS) is 16.5. The van der Waals surface area contributed by atoms with Gasteiger partial charge in [0.2, 0.25) is 5.91 Å². The topological polar surface area (TPSA) is 58.4 Å².